The van der Waals surface area contributed by atoms with Gasteiger partial charge in [0.15, 0.2) is 0 Å². The van der Waals surface area contributed by atoms with E-state index in [1.807, 2.05) is 0 Å². The third-order valence-electron chi connectivity index (χ3n) is 8.06. The summed E-state index contributed by atoms with van der Waals surface area (Å²) in [7, 11) is 0. The molecular formula is C39H76O10. The number of carbonyl (C=O) groups excluding carboxylic acids is 2. The monoisotopic (exact) mass is 705 g/mol. The first-order chi connectivity index (χ1) is 24.2. The number of carbonyl (C=O) groups is 2. The summed E-state index contributed by atoms with van der Waals surface area (Å²) in [5, 5.41) is 0. The van der Waals surface area contributed by atoms with Crippen LogP contribution in [-0.2, 0) is 47.5 Å². The first-order valence-electron chi connectivity index (χ1n) is 20.0. The molecule has 49 heavy (non-hydrogen) atoms. The number of unbranched alkanes of at least 4 members (excludes halogenated alkanes) is 17. The van der Waals surface area contributed by atoms with Gasteiger partial charge in [-0.15, -0.1) is 0 Å². The number of hydrogen-bond donors (Lipinski definition) is 0. The second-order valence-corrected chi connectivity index (χ2v) is 12.6. The van der Waals surface area contributed by atoms with Crippen LogP contribution in [0, 0.1) is 0 Å². The molecule has 0 aromatic carbocycles. The molecule has 10 nitrogen and oxygen atoms in total. The Balaban J connectivity index is 3.17. The molecule has 0 spiro atoms. The van der Waals surface area contributed by atoms with Gasteiger partial charge in [0.05, 0.1) is 79.3 Å². The number of ether oxygens (including phenoxy) is 8. The molecule has 292 valence electrons. The maximum atomic E-state index is 11.9. The van der Waals surface area contributed by atoms with Crippen molar-refractivity contribution in [1.29, 1.82) is 0 Å². The molecule has 0 aromatic heterocycles. The minimum absolute atomic E-state index is 0.132. The topological polar surface area (TPSA) is 108 Å². The first kappa shape index (κ1) is 47.7. The molecular weight excluding hydrogens is 628 g/mol. The maximum Gasteiger partial charge on any atom is 0.305 e. The van der Waals surface area contributed by atoms with Gasteiger partial charge in [0.25, 0.3) is 0 Å². The van der Waals surface area contributed by atoms with Crippen molar-refractivity contribution >= 4 is 11.9 Å². The van der Waals surface area contributed by atoms with Gasteiger partial charge in [-0.2, -0.15) is 0 Å². The summed E-state index contributed by atoms with van der Waals surface area (Å²) < 4.78 is 43.2. The highest BCUT2D eigenvalue weighted by molar-refractivity contribution is 5.69. The molecule has 0 aliphatic carbocycles. The SMILES string of the molecule is CCCCCCCCCCCCCCCC(=O)OCCOCCOCCOCCOCCOCCOCCOC(=O)CCCCCCCC. The van der Waals surface area contributed by atoms with Crippen molar-refractivity contribution in [1.82, 2.24) is 0 Å². The van der Waals surface area contributed by atoms with E-state index >= 15 is 0 Å². The Bertz CT molecular complexity index is 664. The van der Waals surface area contributed by atoms with Crippen molar-refractivity contribution in [2.45, 2.75) is 149 Å². The van der Waals surface area contributed by atoms with E-state index < -0.39 is 0 Å². The molecule has 0 unspecified atom stereocenters. The Labute approximate surface area is 300 Å². The number of hydrogen-bond acceptors (Lipinski definition) is 10. The molecule has 0 aliphatic heterocycles. The molecule has 0 radical (unpaired) electrons. The van der Waals surface area contributed by atoms with Crippen molar-refractivity contribution in [2.24, 2.45) is 0 Å². The highest BCUT2D eigenvalue weighted by atomic mass is 16.6. The van der Waals surface area contributed by atoms with Gasteiger partial charge in [-0.1, -0.05) is 123 Å². The van der Waals surface area contributed by atoms with E-state index in [2.05, 4.69) is 13.8 Å². The van der Waals surface area contributed by atoms with E-state index in [1.165, 1.54) is 96.3 Å². The van der Waals surface area contributed by atoms with Gasteiger partial charge in [0.1, 0.15) is 13.2 Å². The fourth-order valence-corrected chi connectivity index (χ4v) is 5.11. The summed E-state index contributed by atoms with van der Waals surface area (Å²) >= 11 is 0. The highest BCUT2D eigenvalue weighted by Crippen LogP contribution is 2.13. The summed E-state index contributed by atoms with van der Waals surface area (Å²) in [5.74, 6) is -0.274. The van der Waals surface area contributed by atoms with Crippen LogP contribution in [0.1, 0.15) is 149 Å². The summed E-state index contributed by atoms with van der Waals surface area (Å²) in [6.45, 7) is 10.6. The van der Waals surface area contributed by atoms with Crippen molar-refractivity contribution in [3.63, 3.8) is 0 Å². The third kappa shape index (κ3) is 42.8. The molecule has 0 saturated carbocycles. The average Bonchev–Trinajstić information content (AvgIpc) is 3.10. The molecule has 10 heteroatoms. The molecule has 0 saturated heterocycles. The normalized spacial score (nSPS) is 11.3. The van der Waals surface area contributed by atoms with Crippen LogP contribution >= 0.6 is 0 Å². The maximum absolute atomic E-state index is 11.9. The molecule has 0 atom stereocenters. The van der Waals surface area contributed by atoms with Crippen LogP contribution in [0.2, 0.25) is 0 Å². The molecule has 0 bridgehead atoms. The predicted molar refractivity (Wildman–Crippen MR) is 195 cm³/mol. The van der Waals surface area contributed by atoms with E-state index in [4.69, 9.17) is 37.9 Å². The molecule has 0 amide bonds. The smallest absolute Gasteiger partial charge is 0.305 e. The van der Waals surface area contributed by atoms with Gasteiger partial charge in [0.2, 0.25) is 0 Å². The lowest BCUT2D eigenvalue weighted by Gasteiger charge is -2.09. The Morgan fingerprint density at radius 3 is 0.735 bits per heavy atom. The summed E-state index contributed by atoms with van der Waals surface area (Å²) in [4.78, 5) is 23.5. The Morgan fingerprint density at radius 1 is 0.286 bits per heavy atom. The zero-order chi connectivity index (χ0) is 35.6. The number of rotatable bonds is 42. The number of esters is 2. The Kier molecular flexibility index (Phi) is 41.7. The minimum Gasteiger partial charge on any atom is -0.463 e. The van der Waals surface area contributed by atoms with E-state index in [0.29, 0.717) is 92.1 Å². The standard InChI is InChI=1S/C39H76O10/c1-3-5-7-9-11-12-13-14-15-16-17-19-21-23-39(41)49-37-35-47-33-31-45-29-27-43-25-24-42-26-28-44-30-32-46-34-36-48-38(40)22-20-18-10-8-6-4-2/h3-37H2,1-2H3. The molecule has 0 aliphatic rings. The second-order valence-electron chi connectivity index (χ2n) is 12.6. The Hall–Kier alpha value is -1.30. The third-order valence-corrected chi connectivity index (χ3v) is 8.06. The molecule has 0 aromatic rings. The predicted octanol–water partition coefficient (Wildman–Crippen LogP) is 8.40. The molecule has 0 rings (SSSR count). The summed E-state index contributed by atoms with van der Waals surface area (Å²) in [5.41, 5.74) is 0. The van der Waals surface area contributed by atoms with Gasteiger partial charge in [-0.25, -0.2) is 0 Å². The van der Waals surface area contributed by atoms with Crippen LogP contribution in [0.25, 0.3) is 0 Å². The quantitative estimate of drug-likeness (QED) is 0.0454. The van der Waals surface area contributed by atoms with Crippen LogP contribution in [0.15, 0.2) is 0 Å². The van der Waals surface area contributed by atoms with E-state index in [0.717, 1.165) is 25.7 Å². The largest absolute Gasteiger partial charge is 0.463 e. The lowest BCUT2D eigenvalue weighted by Crippen LogP contribution is -2.15. The Morgan fingerprint density at radius 2 is 0.490 bits per heavy atom. The fourth-order valence-electron chi connectivity index (χ4n) is 5.11. The second kappa shape index (κ2) is 42.9. The zero-order valence-corrected chi connectivity index (χ0v) is 31.8. The van der Waals surface area contributed by atoms with Gasteiger partial charge in [-0.05, 0) is 12.8 Å². The first-order valence-corrected chi connectivity index (χ1v) is 20.0. The van der Waals surface area contributed by atoms with Crippen LogP contribution in [-0.4, -0.2) is 104 Å². The van der Waals surface area contributed by atoms with Gasteiger partial charge >= 0.3 is 11.9 Å². The van der Waals surface area contributed by atoms with E-state index in [1.54, 1.807) is 0 Å². The van der Waals surface area contributed by atoms with Gasteiger partial charge in [-0.3, -0.25) is 9.59 Å². The molecule has 0 fully saturated rings. The minimum atomic E-state index is -0.142. The lowest BCUT2D eigenvalue weighted by atomic mass is 10.0. The summed E-state index contributed by atoms with van der Waals surface area (Å²) in [6.07, 6.45) is 24.8. The van der Waals surface area contributed by atoms with E-state index in [9.17, 15) is 9.59 Å². The summed E-state index contributed by atoms with van der Waals surface area (Å²) in [6, 6.07) is 0. The van der Waals surface area contributed by atoms with Crippen LogP contribution < -0.4 is 0 Å². The van der Waals surface area contributed by atoms with Crippen LogP contribution in [0.3, 0.4) is 0 Å². The van der Waals surface area contributed by atoms with Crippen molar-refractivity contribution in [3.05, 3.63) is 0 Å². The van der Waals surface area contributed by atoms with Crippen molar-refractivity contribution in [2.75, 3.05) is 92.5 Å². The zero-order valence-electron chi connectivity index (χ0n) is 31.8. The average molecular weight is 705 g/mol. The fraction of sp³-hybridized carbons (Fsp3) is 0.949. The van der Waals surface area contributed by atoms with Crippen molar-refractivity contribution in [3.8, 4) is 0 Å². The van der Waals surface area contributed by atoms with Crippen LogP contribution in [0.4, 0.5) is 0 Å². The molecule has 0 heterocycles. The van der Waals surface area contributed by atoms with E-state index in [-0.39, 0.29) is 25.2 Å². The van der Waals surface area contributed by atoms with Gasteiger partial charge in [0, 0.05) is 12.8 Å². The van der Waals surface area contributed by atoms with Crippen molar-refractivity contribution < 1.29 is 47.5 Å². The van der Waals surface area contributed by atoms with Gasteiger partial charge < -0.3 is 37.9 Å². The van der Waals surface area contributed by atoms with Crippen LogP contribution in [0.5, 0.6) is 0 Å². The lowest BCUT2D eigenvalue weighted by molar-refractivity contribution is -0.146. The highest BCUT2D eigenvalue weighted by Gasteiger charge is 2.04. The molecule has 0 N–H and O–H groups in total.